The summed E-state index contributed by atoms with van der Waals surface area (Å²) in [6.07, 6.45) is 0.0797. The lowest BCUT2D eigenvalue weighted by atomic mass is 10.0. The number of hydrogen-bond acceptors (Lipinski definition) is 3. The molecule has 1 amide bonds. The zero-order valence-corrected chi connectivity index (χ0v) is 12.7. The molecule has 4 nitrogen and oxygen atoms in total. The zero-order chi connectivity index (χ0) is 15.7. The van der Waals surface area contributed by atoms with E-state index in [0.717, 1.165) is 22.4 Å². The summed E-state index contributed by atoms with van der Waals surface area (Å²) < 4.78 is 5.77. The number of fused-ring (bicyclic) bond motifs is 1. The van der Waals surface area contributed by atoms with Crippen LogP contribution in [0.3, 0.4) is 0 Å². The van der Waals surface area contributed by atoms with Crippen molar-refractivity contribution in [2.75, 3.05) is 5.32 Å². The minimum absolute atomic E-state index is 0.0480. The second-order valence-corrected chi connectivity index (χ2v) is 5.70. The number of aryl methyl sites for hydroxylation is 2. The Morgan fingerprint density at radius 2 is 2.05 bits per heavy atom. The minimum atomic E-state index is -0.506. The summed E-state index contributed by atoms with van der Waals surface area (Å²) in [4.78, 5) is 12.4. The van der Waals surface area contributed by atoms with Crippen LogP contribution in [0, 0.1) is 13.8 Å². The van der Waals surface area contributed by atoms with E-state index in [0.29, 0.717) is 12.1 Å². The average molecular weight is 297 g/mol. The monoisotopic (exact) mass is 297 g/mol. The standard InChI is InChI=1S/C18H19NO3/c1-11-6-14-9-17(22-16(14)7-12(11)2)18(21)19-15-5-3-4-13(8-15)10-20/h3-8,17,20H,9-10H2,1-2H3,(H,19,21). The Kier molecular flexibility index (Phi) is 3.86. The number of nitrogens with one attached hydrogen (secondary N) is 1. The molecule has 0 radical (unpaired) electrons. The maximum atomic E-state index is 12.4. The van der Waals surface area contributed by atoms with Gasteiger partial charge in [-0.05, 0) is 54.3 Å². The molecule has 1 atom stereocenters. The summed E-state index contributed by atoms with van der Waals surface area (Å²) in [6, 6.07) is 11.2. The summed E-state index contributed by atoms with van der Waals surface area (Å²) in [5, 5.41) is 12.0. The van der Waals surface area contributed by atoms with E-state index in [9.17, 15) is 4.79 Å². The second-order valence-electron chi connectivity index (χ2n) is 5.70. The molecular formula is C18H19NO3. The number of aliphatic hydroxyl groups excluding tert-OH is 1. The lowest BCUT2D eigenvalue weighted by Crippen LogP contribution is -2.31. The molecule has 0 spiro atoms. The largest absolute Gasteiger partial charge is 0.480 e. The molecule has 2 aromatic carbocycles. The maximum Gasteiger partial charge on any atom is 0.265 e. The molecule has 114 valence electrons. The molecule has 0 saturated carbocycles. The molecule has 0 bridgehead atoms. The van der Waals surface area contributed by atoms with Gasteiger partial charge >= 0.3 is 0 Å². The normalized spacial score (nSPS) is 16.0. The van der Waals surface area contributed by atoms with Crippen LogP contribution in [0.1, 0.15) is 22.3 Å². The van der Waals surface area contributed by atoms with Gasteiger partial charge in [-0.2, -0.15) is 0 Å². The van der Waals surface area contributed by atoms with Gasteiger partial charge in [0.15, 0.2) is 6.10 Å². The summed E-state index contributed by atoms with van der Waals surface area (Å²) in [5.41, 5.74) is 4.88. The number of amides is 1. The first kappa shape index (κ1) is 14.6. The summed E-state index contributed by atoms with van der Waals surface area (Å²) >= 11 is 0. The van der Waals surface area contributed by atoms with E-state index in [1.165, 1.54) is 5.56 Å². The van der Waals surface area contributed by atoms with Crippen LogP contribution in [0.5, 0.6) is 5.75 Å². The fraction of sp³-hybridized carbons (Fsp3) is 0.278. The number of aliphatic hydroxyl groups is 1. The van der Waals surface area contributed by atoms with Gasteiger partial charge in [0.2, 0.25) is 0 Å². The third kappa shape index (κ3) is 2.83. The quantitative estimate of drug-likeness (QED) is 0.916. The van der Waals surface area contributed by atoms with Gasteiger partial charge in [-0.3, -0.25) is 4.79 Å². The SMILES string of the molecule is Cc1cc2c(cc1C)OC(C(=O)Nc1cccc(CO)c1)C2. The fourth-order valence-electron chi connectivity index (χ4n) is 2.63. The smallest absolute Gasteiger partial charge is 0.265 e. The van der Waals surface area contributed by atoms with Crippen molar-refractivity contribution in [3.63, 3.8) is 0 Å². The topological polar surface area (TPSA) is 58.6 Å². The molecule has 1 aliphatic heterocycles. The van der Waals surface area contributed by atoms with Crippen molar-refractivity contribution >= 4 is 11.6 Å². The van der Waals surface area contributed by atoms with E-state index in [1.54, 1.807) is 18.2 Å². The van der Waals surface area contributed by atoms with Crippen LogP contribution in [-0.2, 0) is 17.8 Å². The zero-order valence-electron chi connectivity index (χ0n) is 12.7. The number of rotatable bonds is 3. The van der Waals surface area contributed by atoms with Gasteiger partial charge in [0, 0.05) is 12.1 Å². The van der Waals surface area contributed by atoms with Crippen molar-refractivity contribution in [2.45, 2.75) is 33.0 Å². The van der Waals surface area contributed by atoms with Crippen LogP contribution in [0.15, 0.2) is 36.4 Å². The molecule has 0 saturated heterocycles. The van der Waals surface area contributed by atoms with Crippen LogP contribution >= 0.6 is 0 Å². The van der Waals surface area contributed by atoms with Crippen LogP contribution in [0.25, 0.3) is 0 Å². The minimum Gasteiger partial charge on any atom is -0.480 e. The maximum absolute atomic E-state index is 12.4. The average Bonchev–Trinajstić information content (AvgIpc) is 2.91. The number of carbonyl (C=O) groups excluding carboxylic acids is 1. The molecule has 4 heteroatoms. The summed E-state index contributed by atoms with van der Waals surface area (Å²) in [5.74, 6) is 0.633. The Balaban J connectivity index is 1.72. The van der Waals surface area contributed by atoms with Gasteiger partial charge in [-0.1, -0.05) is 18.2 Å². The van der Waals surface area contributed by atoms with Crippen LogP contribution < -0.4 is 10.1 Å². The second kappa shape index (κ2) is 5.81. The number of benzene rings is 2. The highest BCUT2D eigenvalue weighted by Crippen LogP contribution is 2.31. The molecule has 22 heavy (non-hydrogen) atoms. The first-order valence-electron chi connectivity index (χ1n) is 7.34. The molecule has 3 rings (SSSR count). The van der Waals surface area contributed by atoms with Gasteiger partial charge < -0.3 is 15.2 Å². The Labute approximate surface area is 129 Å². The van der Waals surface area contributed by atoms with E-state index >= 15 is 0 Å². The first-order valence-corrected chi connectivity index (χ1v) is 7.34. The van der Waals surface area contributed by atoms with E-state index in [4.69, 9.17) is 9.84 Å². The first-order chi connectivity index (χ1) is 10.6. The molecule has 2 aromatic rings. The van der Waals surface area contributed by atoms with Gasteiger partial charge in [0.25, 0.3) is 5.91 Å². The van der Waals surface area contributed by atoms with Gasteiger partial charge in [0.05, 0.1) is 6.61 Å². The molecular weight excluding hydrogens is 278 g/mol. The molecule has 0 aliphatic carbocycles. The highest BCUT2D eigenvalue weighted by Gasteiger charge is 2.29. The van der Waals surface area contributed by atoms with E-state index < -0.39 is 6.10 Å². The molecule has 0 fully saturated rings. The molecule has 1 heterocycles. The van der Waals surface area contributed by atoms with Crippen molar-refractivity contribution < 1.29 is 14.6 Å². The fourth-order valence-corrected chi connectivity index (χ4v) is 2.63. The van der Waals surface area contributed by atoms with E-state index in [-0.39, 0.29) is 12.5 Å². The van der Waals surface area contributed by atoms with Crippen molar-refractivity contribution in [1.82, 2.24) is 0 Å². The van der Waals surface area contributed by atoms with Crippen molar-refractivity contribution in [1.29, 1.82) is 0 Å². The highest BCUT2D eigenvalue weighted by atomic mass is 16.5. The number of ether oxygens (including phenoxy) is 1. The summed E-state index contributed by atoms with van der Waals surface area (Å²) in [6.45, 7) is 4.05. The van der Waals surface area contributed by atoms with E-state index in [2.05, 4.69) is 18.3 Å². The Hall–Kier alpha value is -2.33. The van der Waals surface area contributed by atoms with E-state index in [1.807, 2.05) is 19.1 Å². The predicted octanol–water partition coefficient (Wildman–Crippen LogP) is 2.74. The Morgan fingerprint density at radius 1 is 1.27 bits per heavy atom. The van der Waals surface area contributed by atoms with Crippen molar-refractivity contribution in [2.24, 2.45) is 0 Å². The van der Waals surface area contributed by atoms with Crippen LogP contribution in [0.4, 0.5) is 5.69 Å². The molecule has 0 aromatic heterocycles. The number of carbonyl (C=O) groups is 1. The lowest BCUT2D eigenvalue weighted by Gasteiger charge is -2.12. The highest BCUT2D eigenvalue weighted by molar-refractivity contribution is 5.95. The van der Waals surface area contributed by atoms with Gasteiger partial charge in [-0.25, -0.2) is 0 Å². The summed E-state index contributed by atoms with van der Waals surface area (Å²) in [7, 11) is 0. The Bertz CT molecular complexity index is 693. The van der Waals surface area contributed by atoms with Crippen molar-refractivity contribution in [3.8, 4) is 5.75 Å². The van der Waals surface area contributed by atoms with Crippen LogP contribution in [-0.4, -0.2) is 17.1 Å². The molecule has 2 N–H and O–H groups in total. The van der Waals surface area contributed by atoms with Gasteiger partial charge in [0.1, 0.15) is 5.75 Å². The number of anilines is 1. The number of hydrogen-bond donors (Lipinski definition) is 2. The third-order valence-corrected chi connectivity index (χ3v) is 4.02. The molecule has 1 aliphatic rings. The molecule has 1 unspecified atom stereocenters. The predicted molar refractivity (Wildman–Crippen MR) is 85.0 cm³/mol. The lowest BCUT2D eigenvalue weighted by molar-refractivity contribution is -0.122. The van der Waals surface area contributed by atoms with Crippen molar-refractivity contribution in [3.05, 3.63) is 58.7 Å². The van der Waals surface area contributed by atoms with Crippen LogP contribution in [0.2, 0.25) is 0 Å². The van der Waals surface area contributed by atoms with Gasteiger partial charge in [-0.15, -0.1) is 0 Å². The third-order valence-electron chi connectivity index (χ3n) is 4.02. The Morgan fingerprint density at radius 3 is 2.82 bits per heavy atom.